The Bertz CT molecular complexity index is 529. The molecule has 0 heterocycles. The highest BCUT2D eigenvalue weighted by Gasteiger charge is 2.30. The van der Waals surface area contributed by atoms with E-state index in [0.717, 1.165) is 36.1 Å². The Labute approximate surface area is 121 Å². The summed E-state index contributed by atoms with van der Waals surface area (Å²) in [6, 6.07) is 5.07. The third kappa shape index (κ3) is 3.86. The average Bonchev–Trinajstić information content (AvgIpc) is 2.47. The lowest BCUT2D eigenvalue weighted by molar-refractivity contribution is -0.148. The fourth-order valence-electron chi connectivity index (χ4n) is 2.48. The van der Waals surface area contributed by atoms with Gasteiger partial charge in [0.2, 0.25) is 0 Å². The van der Waals surface area contributed by atoms with Crippen molar-refractivity contribution in [2.24, 2.45) is 5.92 Å². The number of carbonyl (C=O) groups excluding carboxylic acids is 1. The molecule has 0 aliphatic heterocycles. The van der Waals surface area contributed by atoms with Crippen molar-refractivity contribution in [3.63, 3.8) is 0 Å². The van der Waals surface area contributed by atoms with Gasteiger partial charge in [-0.2, -0.15) is 13.2 Å². The first-order chi connectivity index (χ1) is 9.91. The van der Waals surface area contributed by atoms with Crippen LogP contribution in [-0.4, -0.2) is 12.6 Å². The van der Waals surface area contributed by atoms with Gasteiger partial charge < -0.3 is 4.74 Å². The van der Waals surface area contributed by atoms with Crippen molar-refractivity contribution < 1.29 is 22.7 Å². The first kappa shape index (κ1) is 15.6. The van der Waals surface area contributed by atoms with Gasteiger partial charge in [0.25, 0.3) is 0 Å². The molecule has 1 aliphatic carbocycles. The second kappa shape index (κ2) is 6.33. The monoisotopic (exact) mass is 298 g/mol. The Morgan fingerprint density at radius 3 is 2.52 bits per heavy atom. The zero-order chi connectivity index (χ0) is 15.5. The summed E-state index contributed by atoms with van der Waals surface area (Å²) in [6.07, 6.45) is -0.363. The lowest BCUT2D eigenvalue weighted by atomic mass is 9.85. The number of hydrogen-bond donors (Lipinski definition) is 0. The number of hydrogen-bond acceptors (Lipinski definition) is 2. The molecule has 114 valence electrons. The van der Waals surface area contributed by atoms with E-state index in [1.807, 2.05) is 6.08 Å². The Balaban J connectivity index is 2.11. The number of halogens is 3. The van der Waals surface area contributed by atoms with Crippen molar-refractivity contribution in [3.8, 4) is 0 Å². The van der Waals surface area contributed by atoms with Crippen molar-refractivity contribution in [1.29, 1.82) is 0 Å². The molecule has 0 saturated carbocycles. The van der Waals surface area contributed by atoms with Gasteiger partial charge in [-0.15, -0.1) is 0 Å². The zero-order valence-electron chi connectivity index (χ0n) is 11.7. The van der Waals surface area contributed by atoms with E-state index in [4.69, 9.17) is 4.74 Å². The third-order valence-corrected chi connectivity index (χ3v) is 3.58. The summed E-state index contributed by atoms with van der Waals surface area (Å²) >= 11 is 0. The molecule has 1 aromatic carbocycles. The normalized spacial score (nSPS) is 19.0. The molecule has 0 amide bonds. The van der Waals surface area contributed by atoms with Crippen LogP contribution in [0.5, 0.6) is 0 Å². The molecule has 0 aromatic heterocycles. The molecule has 0 spiro atoms. The number of carbonyl (C=O) groups is 1. The van der Waals surface area contributed by atoms with E-state index in [2.05, 4.69) is 0 Å². The summed E-state index contributed by atoms with van der Waals surface area (Å²) in [5, 5.41) is 0. The summed E-state index contributed by atoms with van der Waals surface area (Å²) in [5.74, 6) is -0.428. The first-order valence-corrected chi connectivity index (χ1v) is 6.95. The standard InChI is InChI=1S/C16H17F3O2/c1-2-21-15(20)13-5-3-4-12(10-13)11-6-8-14(9-7-11)16(17,18)19/h4,6-9,13H,2-3,5,10H2,1H3. The topological polar surface area (TPSA) is 26.3 Å². The Hall–Kier alpha value is -1.78. The van der Waals surface area contributed by atoms with Crippen molar-refractivity contribution in [1.82, 2.24) is 0 Å². The molecule has 21 heavy (non-hydrogen) atoms. The van der Waals surface area contributed by atoms with Crippen LogP contribution in [0.3, 0.4) is 0 Å². The largest absolute Gasteiger partial charge is 0.466 e. The highest BCUT2D eigenvalue weighted by molar-refractivity contribution is 5.78. The van der Waals surface area contributed by atoms with Crippen LogP contribution >= 0.6 is 0 Å². The molecule has 1 aromatic rings. The van der Waals surface area contributed by atoms with Crippen LogP contribution in [0.15, 0.2) is 30.3 Å². The van der Waals surface area contributed by atoms with Gasteiger partial charge in [0.05, 0.1) is 18.1 Å². The summed E-state index contributed by atoms with van der Waals surface area (Å²) in [5.41, 5.74) is 0.981. The molecule has 5 heteroatoms. The number of esters is 1. The van der Waals surface area contributed by atoms with E-state index in [1.165, 1.54) is 12.1 Å². The second-order valence-electron chi connectivity index (χ2n) is 5.03. The fraction of sp³-hybridized carbons (Fsp3) is 0.438. The van der Waals surface area contributed by atoms with E-state index in [-0.39, 0.29) is 11.9 Å². The number of rotatable bonds is 3. The first-order valence-electron chi connectivity index (χ1n) is 6.95. The average molecular weight is 298 g/mol. The van der Waals surface area contributed by atoms with Crippen LogP contribution in [0.2, 0.25) is 0 Å². The molecule has 1 atom stereocenters. The van der Waals surface area contributed by atoms with Crippen molar-refractivity contribution >= 4 is 11.5 Å². The van der Waals surface area contributed by atoms with E-state index in [1.54, 1.807) is 6.92 Å². The van der Waals surface area contributed by atoms with Crippen LogP contribution in [-0.2, 0) is 15.7 Å². The molecule has 0 fully saturated rings. The minimum Gasteiger partial charge on any atom is -0.466 e. The minimum atomic E-state index is -4.33. The minimum absolute atomic E-state index is 0.202. The van der Waals surface area contributed by atoms with E-state index < -0.39 is 11.7 Å². The van der Waals surface area contributed by atoms with Crippen LogP contribution in [0.4, 0.5) is 13.2 Å². The van der Waals surface area contributed by atoms with Crippen LogP contribution in [0, 0.1) is 5.92 Å². The predicted octanol–water partition coefficient (Wildman–Crippen LogP) is 4.45. The van der Waals surface area contributed by atoms with E-state index >= 15 is 0 Å². The third-order valence-electron chi connectivity index (χ3n) is 3.58. The molecule has 1 unspecified atom stereocenters. The SMILES string of the molecule is CCOC(=O)C1CCC=C(c2ccc(C(F)(F)F)cc2)C1. The summed E-state index contributed by atoms with van der Waals surface area (Å²) < 4.78 is 42.6. The van der Waals surface area contributed by atoms with Gasteiger partial charge in [0.1, 0.15) is 0 Å². The number of benzene rings is 1. The second-order valence-corrected chi connectivity index (χ2v) is 5.03. The lowest BCUT2D eigenvalue weighted by Gasteiger charge is -2.21. The molecule has 1 aliphatic rings. The van der Waals surface area contributed by atoms with E-state index in [0.29, 0.717) is 13.0 Å². The molecule has 0 saturated heterocycles. The Morgan fingerprint density at radius 2 is 1.95 bits per heavy atom. The maximum absolute atomic E-state index is 12.5. The maximum Gasteiger partial charge on any atom is 0.416 e. The highest BCUT2D eigenvalue weighted by Crippen LogP contribution is 2.34. The summed E-state index contributed by atoms with van der Waals surface area (Å²) in [6.45, 7) is 2.10. The van der Waals surface area contributed by atoms with Gasteiger partial charge in [-0.25, -0.2) is 0 Å². The molecule has 0 bridgehead atoms. The molecule has 0 radical (unpaired) electrons. The van der Waals surface area contributed by atoms with Crippen LogP contribution in [0.1, 0.15) is 37.3 Å². The van der Waals surface area contributed by atoms with Gasteiger partial charge in [0.15, 0.2) is 0 Å². The molecule has 2 nitrogen and oxygen atoms in total. The van der Waals surface area contributed by atoms with Crippen molar-refractivity contribution in [2.75, 3.05) is 6.61 Å². The van der Waals surface area contributed by atoms with Gasteiger partial charge >= 0.3 is 12.1 Å². The molecular formula is C16H17F3O2. The lowest BCUT2D eigenvalue weighted by Crippen LogP contribution is -2.20. The quantitative estimate of drug-likeness (QED) is 0.771. The maximum atomic E-state index is 12.5. The number of ether oxygens (including phenoxy) is 1. The van der Waals surface area contributed by atoms with E-state index in [9.17, 15) is 18.0 Å². The van der Waals surface area contributed by atoms with Gasteiger partial charge in [-0.05, 0) is 49.5 Å². The summed E-state index contributed by atoms with van der Waals surface area (Å²) in [4.78, 5) is 11.8. The van der Waals surface area contributed by atoms with Crippen molar-refractivity contribution in [2.45, 2.75) is 32.4 Å². The molecule has 0 N–H and O–H groups in total. The van der Waals surface area contributed by atoms with Gasteiger partial charge in [0, 0.05) is 0 Å². The molecule has 2 rings (SSSR count). The Kier molecular flexibility index (Phi) is 4.70. The van der Waals surface area contributed by atoms with Crippen LogP contribution in [0.25, 0.3) is 5.57 Å². The number of alkyl halides is 3. The van der Waals surface area contributed by atoms with Crippen molar-refractivity contribution in [3.05, 3.63) is 41.5 Å². The Morgan fingerprint density at radius 1 is 1.29 bits per heavy atom. The zero-order valence-corrected chi connectivity index (χ0v) is 11.7. The fourth-order valence-corrected chi connectivity index (χ4v) is 2.48. The highest BCUT2D eigenvalue weighted by atomic mass is 19.4. The summed E-state index contributed by atoms with van der Waals surface area (Å²) in [7, 11) is 0. The smallest absolute Gasteiger partial charge is 0.416 e. The predicted molar refractivity (Wildman–Crippen MR) is 73.4 cm³/mol. The van der Waals surface area contributed by atoms with Gasteiger partial charge in [-0.3, -0.25) is 4.79 Å². The van der Waals surface area contributed by atoms with Gasteiger partial charge in [-0.1, -0.05) is 18.2 Å². The van der Waals surface area contributed by atoms with Crippen LogP contribution < -0.4 is 0 Å². The molecular weight excluding hydrogens is 281 g/mol. The number of allylic oxidation sites excluding steroid dienone is 2.